The second-order valence-electron chi connectivity index (χ2n) is 4.05. The van der Waals surface area contributed by atoms with Crippen LogP contribution in [-0.4, -0.2) is 41.8 Å². The predicted molar refractivity (Wildman–Crippen MR) is 71.0 cm³/mol. The van der Waals surface area contributed by atoms with Crippen LogP contribution < -0.4 is 0 Å². The van der Waals surface area contributed by atoms with Gasteiger partial charge in [-0.3, -0.25) is 9.89 Å². The summed E-state index contributed by atoms with van der Waals surface area (Å²) in [6.07, 6.45) is 2.62. The van der Waals surface area contributed by atoms with E-state index in [1.165, 1.54) is 11.8 Å². The van der Waals surface area contributed by atoms with Crippen molar-refractivity contribution >= 4 is 17.7 Å². The lowest BCUT2D eigenvalue weighted by Gasteiger charge is -2.07. The maximum absolute atomic E-state index is 10.6. The normalized spacial score (nSPS) is 10.8. The van der Waals surface area contributed by atoms with E-state index < -0.39 is 5.97 Å². The molecule has 2 N–H and O–H groups in total. The van der Waals surface area contributed by atoms with Crippen LogP contribution in [0, 0.1) is 6.92 Å². The Balaban J connectivity index is 2.34. The Morgan fingerprint density at radius 3 is 2.89 bits per heavy atom. The van der Waals surface area contributed by atoms with Crippen LogP contribution in [0.15, 0.2) is 11.4 Å². The number of carbonyl (C=O) groups is 1. The molecule has 0 amide bonds. The van der Waals surface area contributed by atoms with Crippen LogP contribution in [0.2, 0.25) is 0 Å². The monoisotopic (exact) mass is 281 g/mol. The van der Waals surface area contributed by atoms with Gasteiger partial charge in [0.15, 0.2) is 11.0 Å². The summed E-state index contributed by atoms with van der Waals surface area (Å²) in [7, 11) is 0. The van der Waals surface area contributed by atoms with Crippen molar-refractivity contribution in [2.24, 2.45) is 0 Å². The molecule has 0 aliphatic heterocycles. The van der Waals surface area contributed by atoms with Crippen LogP contribution in [-0.2, 0) is 11.3 Å². The number of aliphatic carboxylic acids is 1. The number of carboxylic acids is 1. The highest BCUT2D eigenvalue weighted by atomic mass is 32.2. The molecule has 0 atom stereocenters. The predicted octanol–water partition coefficient (Wildman–Crippen LogP) is 1.56. The molecule has 0 aliphatic rings. The van der Waals surface area contributed by atoms with Crippen molar-refractivity contribution in [3.05, 3.63) is 11.9 Å². The number of aryl methyl sites for hydroxylation is 1. The molecule has 0 unspecified atom stereocenters. The first-order chi connectivity index (χ1) is 9.13. The minimum atomic E-state index is -0.864. The SMILES string of the molecule is CCCn1c(SCC(=O)O)nnc1-c1cn[nH]c1C. The van der Waals surface area contributed by atoms with Crippen molar-refractivity contribution in [2.75, 3.05) is 5.75 Å². The van der Waals surface area contributed by atoms with E-state index >= 15 is 0 Å². The van der Waals surface area contributed by atoms with Gasteiger partial charge in [-0.1, -0.05) is 18.7 Å². The van der Waals surface area contributed by atoms with Crippen LogP contribution in [0.4, 0.5) is 0 Å². The molecule has 0 fully saturated rings. The lowest BCUT2D eigenvalue weighted by atomic mass is 10.2. The number of rotatable bonds is 6. The lowest BCUT2D eigenvalue weighted by Crippen LogP contribution is -2.04. The molecule has 8 heteroatoms. The van der Waals surface area contributed by atoms with Gasteiger partial charge in [0.2, 0.25) is 0 Å². The molecule has 2 heterocycles. The molecular weight excluding hydrogens is 266 g/mol. The van der Waals surface area contributed by atoms with E-state index in [9.17, 15) is 4.79 Å². The summed E-state index contributed by atoms with van der Waals surface area (Å²) < 4.78 is 1.94. The zero-order chi connectivity index (χ0) is 13.8. The van der Waals surface area contributed by atoms with E-state index in [1.807, 2.05) is 11.5 Å². The molecule has 0 aliphatic carbocycles. The van der Waals surface area contributed by atoms with E-state index in [0.29, 0.717) is 5.16 Å². The molecule has 2 aromatic heterocycles. The average molecular weight is 281 g/mol. The number of nitrogens with one attached hydrogen (secondary N) is 1. The number of hydrogen-bond acceptors (Lipinski definition) is 5. The highest BCUT2D eigenvalue weighted by Crippen LogP contribution is 2.25. The Hall–Kier alpha value is -1.83. The number of aromatic nitrogens is 5. The second-order valence-corrected chi connectivity index (χ2v) is 4.99. The second kappa shape index (κ2) is 5.87. The van der Waals surface area contributed by atoms with E-state index in [4.69, 9.17) is 5.11 Å². The van der Waals surface area contributed by atoms with Gasteiger partial charge in [0, 0.05) is 12.2 Å². The third-order valence-electron chi connectivity index (χ3n) is 2.56. The summed E-state index contributed by atoms with van der Waals surface area (Å²) >= 11 is 1.18. The van der Waals surface area contributed by atoms with Gasteiger partial charge in [-0.25, -0.2) is 0 Å². The Morgan fingerprint density at radius 1 is 1.53 bits per heavy atom. The fourth-order valence-corrected chi connectivity index (χ4v) is 2.41. The zero-order valence-corrected chi connectivity index (χ0v) is 11.6. The Morgan fingerprint density at radius 2 is 2.32 bits per heavy atom. The van der Waals surface area contributed by atoms with Crippen molar-refractivity contribution in [3.8, 4) is 11.4 Å². The molecule has 7 nitrogen and oxygen atoms in total. The van der Waals surface area contributed by atoms with E-state index in [1.54, 1.807) is 6.20 Å². The van der Waals surface area contributed by atoms with Crippen molar-refractivity contribution in [3.63, 3.8) is 0 Å². The zero-order valence-electron chi connectivity index (χ0n) is 10.8. The summed E-state index contributed by atoms with van der Waals surface area (Å²) in [6, 6.07) is 0. The Labute approximate surface area is 114 Å². The van der Waals surface area contributed by atoms with Gasteiger partial charge in [-0.15, -0.1) is 10.2 Å². The highest BCUT2D eigenvalue weighted by molar-refractivity contribution is 7.99. The van der Waals surface area contributed by atoms with Gasteiger partial charge >= 0.3 is 5.97 Å². The summed E-state index contributed by atoms with van der Waals surface area (Å²) in [5.74, 6) is -0.162. The van der Waals surface area contributed by atoms with E-state index in [2.05, 4.69) is 27.3 Å². The van der Waals surface area contributed by atoms with Crippen molar-refractivity contribution < 1.29 is 9.90 Å². The topological polar surface area (TPSA) is 96.7 Å². The number of H-pyrrole nitrogens is 1. The van der Waals surface area contributed by atoms with Gasteiger partial charge in [-0.2, -0.15) is 5.10 Å². The Bertz CT molecular complexity index is 577. The molecule has 0 aromatic carbocycles. The molecule has 0 bridgehead atoms. The van der Waals surface area contributed by atoms with Gasteiger partial charge in [0.25, 0.3) is 0 Å². The first kappa shape index (κ1) is 13.6. The first-order valence-corrected chi connectivity index (χ1v) is 6.90. The fraction of sp³-hybridized carbons (Fsp3) is 0.455. The van der Waals surface area contributed by atoms with Gasteiger partial charge in [0.1, 0.15) is 0 Å². The average Bonchev–Trinajstić information content (AvgIpc) is 2.94. The third-order valence-corrected chi connectivity index (χ3v) is 3.51. The van der Waals surface area contributed by atoms with E-state index in [0.717, 1.165) is 30.0 Å². The smallest absolute Gasteiger partial charge is 0.313 e. The molecule has 0 radical (unpaired) electrons. The molecule has 2 aromatic rings. The number of nitrogens with zero attached hydrogens (tertiary/aromatic N) is 4. The molecule has 2 rings (SSSR count). The van der Waals surface area contributed by atoms with Crippen LogP contribution in [0.25, 0.3) is 11.4 Å². The maximum Gasteiger partial charge on any atom is 0.313 e. The summed E-state index contributed by atoms with van der Waals surface area (Å²) in [4.78, 5) is 10.6. The fourth-order valence-electron chi connectivity index (χ4n) is 1.72. The van der Waals surface area contributed by atoms with Crippen molar-refractivity contribution in [1.29, 1.82) is 0 Å². The molecule has 0 saturated carbocycles. The summed E-state index contributed by atoms with van der Waals surface area (Å²) in [5, 5.41) is 24.4. The summed E-state index contributed by atoms with van der Waals surface area (Å²) in [6.45, 7) is 4.71. The molecule has 102 valence electrons. The number of carboxylic acid groups (broad SMARTS) is 1. The summed E-state index contributed by atoms with van der Waals surface area (Å²) in [5.41, 5.74) is 1.81. The largest absolute Gasteiger partial charge is 0.481 e. The Kier molecular flexibility index (Phi) is 4.20. The van der Waals surface area contributed by atoms with Gasteiger partial charge in [-0.05, 0) is 13.3 Å². The minimum Gasteiger partial charge on any atom is -0.481 e. The maximum atomic E-state index is 10.6. The molecule has 0 saturated heterocycles. The van der Waals surface area contributed by atoms with Gasteiger partial charge < -0.3 is 9.67 Å². The lowest BCUT2D eigenvalue weighted by molar-refractivity contribution is -0.133. The standard InChI is InChI=1S/C11H15N5O2S/c1-3-4-16-10(8-5-12-13-7(8)2)14-15-11(16)19-6-9(17)18/h5H,3-4,6H2,1-2H3,(H,12,13)(H,17,18). The molecular formula is C11H15N5O2S. The first-order valence-electron chi connectivity index (χ1n) is 5.91. The highest BCUT2D eigenvalue weighted by Gasteiger charge is 2.17. The van der Waals surface area contributed by atoms with Crippen LogP contribution in [0.1, 0.15) is 19.0 Å². The molecule has 19 heavy (non-hydrogen) atoms. The minimum absolute atomic E-state index is 0.0216. The van der Waals surface area contributed by atoms with Crippen LogP contribution >= 0.6 is 11.8 Å². The van der Waals surface area contributed by atoms with E-state index in [-0.39, 0.29) is 5.75 Å². The quantitative estimate of drug-likeness (QED) is 0.780. The third kappa shape index (κ3) is 2.95. The van der Waals surface area contributed by atoms with Crippen molar-refractivity contribution in [1.82, 2.24) is 25.0 Å². The van der Waals surface area contributed by atoms with Crippen molar-refractivity contribution in [2.45, 2.75) is 32.0 Å². The van der Waals surface area contributed by atoms with Gasteiger partial charge in [0.05, 0.1) is 17.5 Å². The number of thioether (sulfide) groups is 1. The number of aromatic amines is 1. The van der Waals surface area contributed by atoms with Crippen LogP contribution in [0.3, 0.4) is 0 Å². The van der Waals surface area contributed by atoms with Crippen LogP contribution in [0.5, 0.6) is 0 Å². The molecule has 0 spiro atoms. The number of hydrogen-bond donors (Lipinski definition) is 2.